The number of nitrogen functional groups attached to an aromatic ring is 1. The van der Waals surface area contributed by atoms with Gasteiger partial charge in [-0.05, 0) is 18.6 Å². The number of aryl methyl sites for hydroxylation is 1. The van der Waals surface area contributed by atoms with Gasteiger partial charge in [-0.2, -0.15) is 0 Å². The van der Waals surface area contributed by atoms with Crippen molar-refractivity contribution >= 4 is 17.0 Å². The van der Waals surface area contributed by atoms with E-state index in [0.29, 0.717) is 22.8 Å². The lowest BCUT2D eigenvalue weighted by atomic mass is 10.2. The van der Waals surface area contributed by atoms with E-state index in [9.17, 15) is 0 Å². The zero-order valence-corrected chi connectivity index (χ0v) is 9.18. The lowest BCUT2D eigenvalue weighted by molar-refractivity contribution is 1.19. The van der Waals surface area contributed by atoms with E-state index in [-0.39, 0.29) is 0 Å². The summed E-state index contributed by atoms with van der Waals surface area (Å²) >= 11 is 0. The largest absolute Gasteiger partial charge is 0.382 e. The van der Waals surface area contributed by atoms with Gasteiger partial charge >= 0.3 is 0 Å². The maximum absolute atomic E-state index is 5.74. The first kappa shape index (κ1) is 9.71. The normalized spacial score (nSPS) is 10.9. The molecule has 0 radical (unpaired) electrons. The van der Waals surface area contributed by atoms with Crippen LogP contribution in [0.25, 0.3) is 22.7 Å². The predicted molar refractivity (Wildman–Crippen MR) is 64.1 cm³/mol. The quantitative estimate of drug-likeness (QED) is 0.652. The van der Waals surface area contributed by atoms with Gasteiger partial charge < -0.3 is 10.7 Å². The highest BCUT2D eigenvalue weighted by Gasteiger charge is 2.11. The summed E-state index contributed by atoms with van der Waals surface area (Å²) in [5.74, 6) is 1.05. The maximum Gasteiger partial charge on any atom is 0.183 e. The van der Waals surface area contributed by atoms with Gasteiger partial charge in [0.1, 0.15) is 17.5 Å². The molecule has 0 amide bonds. The summed E-state index contributed by atoms with van der Waals surface area (Å²) in [4.78, 5) is 19.7. The highest BCUT2D eigenvalue weighted by Crippen LogP contribution is 2.21. The number of hydrogen-bond acceptors (Lipinski definition) is 5. The van der Waals surface area contributed by atoms with Crippen molar-refractivity contribution in [3.8, 4) is 11.5 Å². The number of rotatable bonds is 1. The van der Waals surface area contributed by atoms with Gasteiger partial charge in [0.2, 0.25) is 0 Å². The summed E-state index contributed by atoms with van der Waals surface area (Å²) in [6.07, 6.45) is 3.12. The second-order valence-electron chi connectivity index (χ2n) is 3.71. The number of aromatic amines is 1. The van der Waals surface area contributed by atoms with E-state index in [2.05, 4.69) is 24.9 Å². The molecule has 3 heterocycles. The number of pyridine rings is 1. The Labute approximate surface area is 97.0 Å². The van der Waals surface area contributed by atoms with Gasteiger partial charge in [-0.3, -0.25) is 4.98 Å². The molecule has 6 heteroatoms. The van der Waals surface area contributed by atoms with Gasteiger partial charge in [-0.15, -0.1) is 0 Å². The van der Waals surface area contributed by atoms with Gasteiger partial charge in [-0.25, -0.2) is 15.0 Å². The average molecular weight is 226 g/mol. The number of hydrogen-bond donors (Lipinski definition) is 2. The van der Waals surface area contributed by atoms with E-state index < -0.39 is 0 Å². The minimum atomic E-state index is 0.391. The monoisotopic (exact) mass is 226 g/mol. The molecule has 3 aromatic heterocycles. The Balaban J connectivity index is 2.26. The third-order valence-corrected chi connectivity index (χ3v) is 2.55. The molecule has 84 valence electrons. The van der Waals surface area contributed by atoms with Crippen LogP contribution in [0.1, 0.15) is 5.56 Å². The third kappa shape index (κ3) is 1.50. The molecule has 0 saturated carbocycles. The van der Waals surface area contributed by atoms with Crippen LogP contribution < -0.4 is 5.73 Å². The number of aromatic nitrogens is 5. The molecule has 3 rings (SSSR count). The van der Waals surface area contributed by atoms with Crippen LogP contribution in [0, 0.1) is 6.92 Å². The first-order valence-corrected chi connectivity index (χ1v) is 5.14. The second kappa shape index (κ2) is 3.51. The van der Waals surface area contributed by atoms with Gasteiger partial charge in [0.25, 0.3) is 0 Å². The fraction of sp³-hybridized carbons (Fsp3) is 0.0909. The van der Waals surface area contributed by atoms with Crippen LogP contribution >= 0.6 is 0 Å². The Morgan fingerprint density at radius 2 is 2.12 bits per heavy atom. The van der Waals surface area contributed by atoms with Crippen LogP contribution in [0.4, 0.5) is 5.82 Å². The Hall–Kier alpha value is -2.50. The van der Waals surface area contributed by atoms with Gasteiger partial charge in [-0.1, -0.05) is 6.07 Å². The fourth-order valence-electron chi connectivity index (χ4n) is 1.69. The summed E-state index contributed by atoms with van der Waals surface area (Å²) in [6.45, 7) is 1.98. The molecule has 0 saturated heterocycles. The van der Waals surface area contributed by atoms with Crippen LogP contribution in [0.15, 0.2) is 24.7 Å². The lowest BCUT2D eigenvalue weighted by Gasteiger charge is -1.98. The standard InChI is InChI=1S/C11H10N6/c1-6-3-2-4-13-7(6)11-16-8-9(12)14-5-15-10(8)17-11/h2-5H,1H3,(H3,12,14,15,16,17). The van der Waals surface area contributed by atoms with E-state index in [1.165, 1.54) is 6.33 Å². The number of imidazole rings is 1. The number of nitrogens with one attached hydrogen (secondary N) is 1. The molecule has 0 unspecified atom stereocenters. The van der Waals surface area contributed by atoms with E-state index >= 15 is 0 Å². The SMILES string of the molecule is Cc1cccnc1-c1nc2ncnc(N)c2[nH]1. The number of anilines is 1. The fourth-order valence-corrected chi connectivity index (χ4v) is 1.69. The van der Waals surface area contributed by atoms with Crippen LogP contribution in [-0.4, -0.2) is 24.9 Å². The minimum absolute atomic E-state index is 0.391. The molecular formula is C11H10N6. The van der Waals surface area contributed by atoms with Crippen LogP contribution in [0.2, 0.25) is 0 Å². The lowest BCUT2D eigenvalue weighted by Crippen LogP contribution is -1.92. The van der Waals surface area contributed by atoms with Crippen molar-refractivity contribution in [1.29, 1.82) is 0 Å². The molecule has 0 aliphatic heterocycles. The van der Waals surface area contributed by atoms with E-state index in [4.69, 9.17) is 5.73 Å². The predicted octanol–water partition coefficient (Wildman–Crippen LogP) is 1.31. The van der Waals surface area contributed by atoms with Crippen molar-refractivity contribution in [2.24, 2.45) is 0 Å². The van der Waals surface area contributed by atoms with Crippen molar-refractivity contribution in [3.05, 3.63) is 30.2 Å². The van der Waals surface area contributed by atoms with Crippen molar-refractivity contribution in [2.45, 2.75) is 6.92 Å². The molecule has 0 atom stereocenters. The summed E-state index contributed by atoms with van der Waals surface area (Å²) in [5.41, 5.74) is 8.78. The molecule has 0 bridgehead atoms. The molecule has 17 heavy (non-hydrogen) atoms. The summed E-state index contributed by atoms with van der Waals surface area (Å²) < 4.78 is 0. The van der Waals surface area contributed by atoms with E-state index in [1.54, 1.807) is 6.20 Å². The van der Waals surface area contributed by atoms with E-state index in [0.717, 1.165) is 11.3 Å². The number of fused-ring (bicyclic) bond motifs is 1. The number of H-pyrrole nitrogens is 1. The molecule has 0 aliphatic rings. The maximum atomic E-state index is 5.74. The van der Waals surface area contributed by atoms with Crippen molar-refractivity contribution < 1.29 is 0 Å². The summed E-state index contributed by atoms with van der Waals surface area (Å²) in [7, 11) is 0. The van der Waals surface area contributed by atoms with Gasteiger partial charge in [0.05, 0.1) is 0 Å². The minimum Gasteiger partial charge on any atom is -0.382 e. The average Bonchev–Trinajstić information content (AvgIpc) is 2.75. The van der Waals surface area contributed by atoms with E-state index in [1.807, 2.05) is 19.1 Å². The first-order chi connectivity index (χ1) is 8.25. The first-order valence-electron chi connectivity index (χ1n) is 5.14. The Morgan fingerprint density at radius 3 is 2.88 bits per heavy atom. The van der Waals surface area contributed by atoms with Crippen LogP contribution in [0.5, 0.6) is 0 Å². The molecule has 6 nitrogen and oxygen atoms in total. The van der Waals surface area contributed by atoms with Crippen molar-refractivity contribution in [2.75, 3.05) is 5.73 Å². The zero-order valence-electron chi connectivity index (χ0n) is 9.18. The Bertz CT molecular complexity index is 687. The molecule has 0 fully saturated rings. The van der Waals surface area contributed by atoms with Crippen molar-refractivity contribution in [1.82, 2.24) is 24.9 Å². The van der Waals surface area contributed by atoms with Gasteiger partial charge in [0.15, 0.2) is 17.3 Å². The molecule has 3 aromatic rings. The third-order valence-electron chi connectivity index (χ3n) is 2.55. The number of nitrogens with zero attached hydrogens (tertiary/aromatic N) is 4. The summed E-state index contributed by atoms with van der Waals surface area (Å²) in [5, 5.41) is 0. The number of nitrogens with two attached hydrogens (primary N) is 1. The molecular weight excluding hydrogens is 216 g/mol. The molecule has 0 spiro atoms. The highest BCUT2D eigenvalue weighted by molar-refractivity contribution is 5.83. The molecule has 0 aromatic carbocycles. The summed E-state index contributed by atoms with van der Waals surface area (Å²) in [6, 6.07) is 3.86. The van der Waals surface area contributed by atoms with Crippen LogP contribution in [0.3, 0.4) is 0 Å². The molecule has 0 aliphatic carbocycles. The highest BCUT2D eigenvalue weighted by atomic mass is 15.1. The topological polar surface area (TPSA) is 93.4 Å². The van der Waals surface area contributed by atoms with Gasteiger partial charge in [0, 0.05) is 6.20 Å². The van der Waals surface area contributed by atoms with Crippen molar-refractivity contribution in [3.63, 3.8) is 0 Å². The zero-order chi connectivity index (χ0) is 11.8. The Kier molecular flexibility index (Phi) is 2.01. The Morgan fingerprint density at radius 1 is 1.24 bits per heavy atom. The smallest absolute Gasteiger partial charge is 0.183 e. The van der Waals surface area contributed by atoms with Crippen LogP contribution in [-0.2, 0) is 0 Å². The molecule has 3 N–H and O–H groups in total. The second-order valence-corrected chi connectivity index (χ2v) is 3.71.